The summed E-state index contributed by atoms with van der Waals surface area (Å²) in [7, 11) is 0. The van der Waals surface area contributed by atoms with Crippen LogP contribution in [0.2, 0.25) is 0 Å². The molecule has 1 aliphatic heterocycles. The summed E-state index contributed by atoms with van der Waals surface area (Å²) < 4.78 is 0. The van der Waals surface area contributed by atoms with Gasteiger partial charge in [-0.25, -0.2) is 0 Å². The van der Waals surface area contributed by atoms with Gasteiger partial charge >= 0.3 is 0 Å². The highest BCUT2D eigenvalue weighted by Gasteiger charge is 2.27. The number of ketones is 1. The van der Waals surface area contributed by atoms with Gasteiger partial charge in [-0.3, -0.25) is 9.69 Å². The Morgan fingerprint density at radius 3 is 2.31 bits per heavy atom. The molecule has 2 rings (SSSR count). The molecule has 2 nitrogen and oxygen atoms in total. The lowest BCUT2D eigenvalue weighted by Gasteiger charge is -2.14. The van der Waals surface area contributed by atoms with Crippen LogP contribution in [0.3, 0.4) is 0 Å². The van der Waals surface area contributed by atoms with E-state index < -0.39 is 0 Å². The second-order valence-electron chi connectivity index (χ2n) is 4.94. The molecule has 0 N–H and O–H groups in total. The molecule has 0 aromatic heterocycles. The molecule has 1 aromatic carbocycles. The maximum atomic E-state index is 12.0. The third-order valence-corrected chi connectivity index (χ3v) is 3.53. The lowest BCUT2D eigenvalue weighted by Crippen LogP contribution is -2.27. The Hall–Kier alpha value is -1.15. The Bertz CT molecular complexity index is 350. The first kappa shape index (κ1) is 11.3. The Morgan fingerprint density at radius 2 is 1.75 bits per heavy atom. The first-order valence-corrected chi connectivity index (χ1v) is 5.97. The van der Waals surface area contributed by atoms with Gasteiger partial charge in [0.2, 0.25) is 0 Å². The number of benzene rings is 1. The van der Waals surface area contributed by atoms with Crippen LogP contribution in [-0.2, 0) is 0 Å². The fourth-order valence-electron chi connectivity index (χ4n) is 2.30. The molecular weight excluding hydrogens is 198 g/mol. The summed E-state index contributed by atoms with van der Waals surface area (Å²) >= 11 is 0. The number of nitrogens with zero attached hydrogens (tertiary/aromatic N) is 1. The maximum Gasteiger partial charge on any atom is 0.176 e. The van der Waals surface area contributed by atoms with Crippen molar-refractivity contribution in [1.29, 1.82) is 0 Å². The zero-order valence-electron chi connectivity index (χ0n) is 10.0. The number of carbonyl (C=O) groups is 1. The molecule has 0 bridgehead atoms. The van der Waals surface area contributed by atoms with Crippen molar-refractivity contribution in [3.63, 3.8) is 0 Å². The van der Waals surface area contributed by atoms with E-state index in [0.29, 0.717) is 18.4 Å². The lowest BCUT2D eigenvalue weighted by atomic mass is 10.0. The summed E-state index contributed by atoms with van der Waals surface area (Å²) in [6.45, 7) is 7.20. The van der Waals surface area contributed by atoms with Crippen LogP contribution in [0, 0.1) is 11.8 Å². The molecule has 1 saturated heterocycles. The SMILES string of the molecule is C[C@H]1CN(CC(=O)c2ccccc2)C[C@@H]1C. The van der Waals surface area contributed by atoms with Crippen LogP contribution < -0.4 is 0 Å². The molecule has 0 aliphatic carbocycles. The van der Waals surface area contributed by atoms with Crippen molar-refractivity contribution in [2.24, 2.45) is 11.8 Å². The van der Waals surface area contributed by atoms with Crippen molar-refractivity contribution in [2.75, 3.05) is 19.6 Å². The molecule has 1 fully saturated rings. The molecule has 86 valence electrons. The lowest BCUT2D eigenvalue weighted by molar-refractivity contribution is 0.0942. The molecule has 0 amide bonds. The van der Waals surface area contributed by atoms with Gasteiger partial charge in [0.05, 0.1) is 6.54 Å². The highest BCUT2D eigenvalue weighted by molar-refractivity contribution is 5.97. The van der Waals surface area contributed by atoms with Gasteiger partial charge in [0.15, 0.2) is 5.78 Å². The Balaban J connectivity index is 1.94. The number of hydrogen-bond acceptors (Lipinski definition) is 2. The van der Waals surface area contributed by atoms with E-state index in [9.17, 15) is 4.79 Å². The van der Waals surface area contributed by atoms with Crippen LogP contribution in [-0.4, -0.2) is 30.3 Å². The van der Waals surface area contributed by atoms with Crippen molar-refractivity contribution >= 4 is 5.78 Å². The van der Waals surface area contributed by atoms with E-state index in [1.807, 2.05) is 30.3 Å². The first-order valence-electron chi connectivity index (χ1n) is 5.97. The number of carbonyl (C=O) groups excluding carboxylic acids is 1. The normalized spacial score (nSPS) is 25.9. The van der Waals surface area contributed by atoms with Crippen LogP contribution in [0.1, 0.15) is 24.2 Å². The summed E-state index contributed by atoms with van der Waals surface area (Å²) in [6, 6.07) is 9.57. The summed E-state index contributed by atoms with van der Waals surface area (Å²) in [5.74, 6) is 1.66. The second kappa shape index (κ2) is 4.79. The molecule has 0 unspecified atom stereocenters. The number of hydrogen-bond donors (Lipinski definition) is 0. The van der Waals surface area contributed by atoms with E-state index in [2.05, 4.69) is 18.7 Å². The molecule has 1 aliphatic rings. The summed E-state index contributed by atoms with van der Waals surface area (Å²) in [5, 5.41) is 0. The fraction of sp³-hybridized carbons (Fsp3) is 0.500. The second-order valence-corrected chi connectivity index (χ2v) is 4.94. The van der Waals surface area contributed by atoms with Crippen LogP contribution in [0.15, 0.2) is 30.3 Å². The zero-order valence-corrected chi connectivity index (χ0v) is 10.0. The highest BCUT2D eigenvalue weighted by Crippen LogP contribution is 2.22. The van der Waals surface area contributed by atoms with Gasteiger partial charge in [-0.05, 0) is 11.8 Å². The Labute approximate surface area is 97.3 Å². The van der Waals surface area contributed by atoms with E-state index in [1.165, 1.54) is 0 Å². The quantitative estimate of drug-likeness (QED) is 0.725. The number of likely N-dealkylation sites (tertiary alicyclic amines) is 1. The number of Topliss-reactive ketones (excluding diaryl/α,β-unsaturated/α-hetero) is 1. The standard InChI is InChI=1S/C14H19NO/c1-11-8-15(9-12(11)2)10-14(16)13-6-4-3-5-7-13/h3-7,11-12H,8-10H2,1-2H3/t11-,12-/m0/s1. The molecule has 1 heterocycles. The van der Waals surface area contributed by atoms with Crippen LogP contribution in [0.25, 0.3) is 0 Å². The van der Waals surface area contributed by atoms with Crippen LogP contribution in [0.5, 0.6) is 0 Å². The summed E-state index contributed by atoms with van der Waals surface area (Å²) in [6.07, 6.45) is 0. The van der Waals surface area contributed by atoms with Crippen molar-refractivity contribution < 1.29 is 4.79 Å². The monoisotopic (exact) mass is 217 g/mol. The highest BCUT2D eigenvalue weighted by atomic mass is 16.1. The maximum absolute atomic E-state index is 12.0. The van der Waals surface area contributed by atoms with Crippen LogP contribution in [0.4, 0.5) is 0 Å². The smallest absolute Gasteiger partial charge is 0.176 e. The minimum absolute atomic E-state index is 0.238. The first-order chi connectivity index (χ1) is 7.66. The van der Waals surface area contributed by atoms with E-state index in [-0.39, 0.29) is 5.78 Å². The number of rotatable bonds is 3. The van der Waals surface area contributed by atoms with Gasteiger partial charge in [-0.2, -0.15) is 0 Å². The van der Waals surface area contributed by atoms with Gasteiger partial charge in [-0.15, -0.1) is 0 Å². The van der Waals surface area contributed by atoms with Gasteiger partial charge in [0, 0.05) is 18.7 Å². The Kier molecular flexibility index (Phi) is 3.39. The summed E-state index contributed by atoms with van der Waals surface area (Å²) in [5.41, 5.74) is 0.828. The average molecular weight is 217 g/mol. The van der Waals surface area contributed by atoms with E-state index in [1.54, 1.807) is 0 Å². The molecule has 0 spiro atoms. The third kappa shape index (κ3) is 2.50. The predicted molar refractivity (Wildman–Crippen MR) is 65.5 cm³/mol. The van der Waals surface area contributed by atoms with Gasteiger partial charge in [0.25, 0.3) is 0 Å². The molecule has 2 atom stereocenters. The molecular formula is C14H19NO. The van der Waals surface area contributed by atoms with Crippen molar-refractivity contribution in [2.45, 2.75) is 13.8 Å². The van der Waals surface area contributed by atoms with E-state index in [0.717, 1.165) is 18.7 Å². The van der Waals surface area contributed by atoms with Gasteiger partial charge < -0.3 is 0 Å². The largest absolute Gasteiger partial charge is 0.295 e. The average Bonchev–Trinajstić information content (AvgIpc) is 2.59. The summed E-state index contributed by atoms with van der Waals surface area (Å²) in [4.78, 5) is 14.2. The molecule has 0 saturated carbocycles. The van der Waals surface area contributed by atoms with E-state index >= 15 is 0 Å². The van der Waals surface area contributed by atoms with Crippen molar-refractivity contribution in [3.05, 3.63) is 35.9 Å². The van der Waals surface area contributed by atoms with Crippen LogP contribution >= 0.6 is 0 Å². The fourth-order valence-corrected chi connectivity index (χ4v) is 2.30. The van der Waals surface area contributed by atoms with E-state index in [4.69, 9.17) is 0 Å². The molecule has 1 aromatic rings. The van der Waals surface area contributed by atoms with Gasteiger partial charge in [-0.1, -0.05) is 44.2 Å². The third-order valence-electron chi connectivity index (χ3n) is 3.53. The topological polar surface area (TPSA) is 20.3 Å². The predicted octanol–water partition coefficient (Wildman–Crippen LogP) is 2.46. The van der Waals surface area contributed by atoms with Gasteiger partial charge in [0.1, 0.15) is 0 Å². The minimum atomic E-state index is 0.238. The Morgan fingerprint density at radius 1 is 1.19 bits per heavy atom. The van der Waals surface area contributed by atoms with Crippen molar-refractivity contribution in [3.8, 4) is 0 Å². The molecule has 16 heavy (non-hydrogen) atoms. The zero-order chi connectivity index (χ0) is 11.5. The molecule has 2 heteroatoms. The molecule has 0 radical (unpaired) electrons. The van der Waals surface area contributed by atoms with Crippen molar-refractivity contribution in [1.82, 2.24) is 4.90 Å². The minimum Gasteiger partial charge on any atom is -0.295 e.